The first-order valence-corrected chi connectivity index (χ1v) is 6.26. The Bertz CT molecular complexity index is 563. The van der Waals surface area contributed by atoms with Gasteiger partial charge in [-0.25, -0.2) is 14.8 Å². The Hall–Kier alpha value is -1.40. The lowest BCUT2D eigenvalue weighted by Crippen LogP contribution is -2.01. The molecule has 0 radical (unpaired) electrons. The summed E-state index contributed by atoms with van der Waals surface area (Å²) in [4.78, 5) is 19.6. The van der Waals surface area contributed by atoms with Gasteiger partial charge in [0.05, 0.1) is 4.47 Å². The van der Waals surface area contributed by atoms with E-state index in [2.05, 4.69) is 25.9 Å². The van der Waals surface area contributed by atoms with Crippen molar-refractivity contribution in [2.45, 2.75) is 9.92 Å². The monoisotopic (exact) mass is 310 g/mol. The van der Waals surface area contributed by atoms with E-state index in [1.54, 1.807) is 24.4 Å². The van der Waals surface area contributed by atoms with E-state index in [1.807, 2.05) is 6.07 Å². The van der Waals surface area contributed by atoms with Crippen LogP contribution >= 0.6 is 27.7 Å². The van der Waals surface area contributed by atoms with Gasteiger partial charge in [-0.05, 0) is 40.2 Å². The van der Waals surface area contributed by atoms with Crippen molar-refractivity contribution in [3.8, 4) is 0 Å². The lowest BCUT2D eigenvalue weighted by molar-refractivity contribution is 0.0686. The van der Waals surface area contributed by atoms with Crippen molar-refractivity contribution >= 4 is 33.7 Å². The van der Waals surface area contributed by atoms with Crippen molar-refractivity contribution in [3.05, 3.63) is 46.8 Å². The highest BCUT2D eigenvalue weighted by Gasteiger charge is 2.13. The molecule has 86 valence electrons. The summed E-state index contributed by atoms with van der Waals surface area (Å²) in [5.41, 5.74) is 0.0371. The largest absolute Gasteiger partial charge is 0.476 e. The van der Waals surface area contributed by atoms with Crippen LogP contribution in [-0.4, -0.2) is 21.0 Å². The fourth-order valence-corrected chi connectivity index (χ4v) is 2.55. The summed E-state index contributed by atoms with van der Waals surface area (Å²) < 4.78 is 0.824. The van der Waals surface area contributed by atoms with Gasteiger partial charge >= 0.3 is 5.97 Å². The molecule has 0 saturated carbocycles. The molecule has 0 aliphatic rings. The van der Waals surface area contributed by atoms with Gasteiger partial charge in [-0.2, -0.15) is 0 Å². The Morgan fingerprint density at radius 2 is 1.94 bits per heavy atom. The molecule has 0 amide bonds. The van der Waals surface area contributed by atoms with Gasteiger partial charge in [0.15, 0.2) is 5.69 Å². The molecule has 1 N–H and O–H groups in total. The molecule has 0 atom stereocenters. The molecule has 6 heteroatoms. The van der Waals surface area contributed by atoms with Crippen LogP contribution in [0.5, 0.6) is 0 Å². The quantitative estimate of drug-likeness (QED) is 0.944. The van der Waals surface area contributed by atoms with Crippen LogP contribution in [0.2, 0.25) is 0 Å². The van der Waals surface area contributed by atoms with E-state index >= 15 is 0 Å². The lowest BCUT2D eigenvalue weighted by Gasteiger charge is -2.04. The summed E-state index contributed by atoms with van der Waals surface area (Å²) in [7, 11) is 0. The molecule has 2 heterocycles. The van der Waals surface area contributed by atoms with Gasteiger partial charge in [0.2, 0.25) is 0 Å². The van der Waals surface area contributed by atoms with Crippen molar-refractivity contribution in [2.75, 3.05) is 0 Å². The number of aromatic nitrogens is 2. The number of carboxylic acids is 1. The molecule has 0 unspecified atom stereocenters. The molecule has 0 bridgehead atoms. The van der Waals surface area contributed by atoms with E-state index in [0.29, 0.717) is 9.92 Å². The Kier molecular flexibility index (Phi) is 3.75. The number of halogens is 1. The lowest BCUT2D eigenvalue weighted by atomic mass is 10.3. The number of rotatable bonds is 3. The van der Waals surface area contributed by atoms with E-state index in [4.69, 9.17) is 5.11 Å². The molecule has 0 spiro atoms. The first kappa shape index (κ1) is 12.1. The fraction of sp³-hybridized carbons (Fsp3) is 0. The zero-order chi connectivity index (χ0) is 12.3. The third-order valence-electron chi connectivity index (χ3n) is 1.90. The first-order valence-electron chi connectivity index (χ1n) is 4.65. The summed E-state index contributed by atoms with van der Waals surface area (Å²) in [6.45, 7) is 0. The van der Waals surface area contributed by atoms with Crippen LogP contribution in [0.1, 0.15) is 10.5 Å². The minimum absolute atomic E-state index is 0.0371. The third-order valence-corrected chi connectivity index (χ3v) is 3.87. The third kappa shape index (κ3) is 2.83. The van der Waals surface area contributed by atoms with E-state index in [-0.39, 0.29) is 5.69 Å². The number of hydrogen-bond donors (Lipinski definition) is 1. The Balaban J connectivity index is 2.37. The molecular weight excluding hydrogens is 304 g/mol. The average Bonchev–Trinajstić information content (AvgIpc) is 2.32. The maximum atomic E-state index is 11.0. The second kappa shape index (κ2) is 5.29. The van der Waals surface area contributed by atoms with E-state index in [0.717, 1.165) is 4.47 Å². The number of hydrogen-bond acceptors (Lipinski definition) is 4. The van der Waals surface area contributed by atoms with Gasteiger partial charge in [-0.1, -0.05) is 11.8 Å². The van der Waals surface area contributed by atoms with Gasteiger partial charge in [0, 0.05) is 17.3 Å². The number of carboxylic acid groups (broad SMARTS) is 1. The SMILES string of the molecule is O=C(O)c1ncccc1Sc1ncccc1Br. The molecule has 0 saturated heterocycles. The summed E-state index contributed by atoms with van der Waals surface area (Å²) in [5, 5.41) is 9.72. The second-order valence-corrected chi connectivity index (χ2v) is 4.93. The predicted molar refractivity (Wildman–Crippen MR) is 67.3 cm³/mol. The van der Waals surface area contributed by atoms with Gasteiger partial charge in [-0.15, -0.1) is 0 Å². The minimum atomic E-state index is -1.04. The van der Waals surface area contributed by atoms with Crippen molar-refractivity contribution < 1.29 is 9.90 Å². The smallest absolute Gasteiger partial charge is 0.355 e. The molecule has 0 aliphatic carbocycles. The molecule has 2 aromatic rings. The van der Waals surface area contributed by atoms with Crippen LogP contribution in [0.3, 0.4) is 0 Å². The summed E-state index contributed by atoms with van der Waals surface area (Å²) in [6, 6.07) is 7.06. The molecule has 0 fully saturated rings. The standard InChI is InChI=1S/C11H7BrN2O2S/c12-7-3-1-6-14-10(7)17-8-4-2-5-13-9(8)11(15)16/h1-6H,(H,15,16). The zero-order valence-electron chi connectivity index (χ0n) is 8.50. The normalized spacial score (nSPS) is 10.2. The molecule has 4 nitrogen and oxygen atoms in total. The summed E-state index contributed by atoms with van der Waals surface area (Å²) in [6.07, 6.45) is 3.12. The van der Waals surface area contributed by atoms with Crippen molar-refractivity contribution in [3.63, 3.8) is 0 Å². The van der Waals surface area contributed by atoms with E-state index in [1.165, 1.54) is 18.0 Å². The maximum absolute atomic E-state index is 11.0. The Labute approximate surface area is 110 Å². The highest BCUT2D eigenvalue weighted by molar-refractivity contribution is 9.10. The summed E-state index contributed by atoms with van der Waals surface area (Å²) >= 11 is 4.63. The van der Waals surface area contributed by atoms with Gasteiger partial charge in [0.25, 0.3) is 0 Å². The van der Waals surface area contributed by atoms with Crippen LogP contribution in [0.15, 0.2) is 51.1 Å². The molecule has 0 aliphatic heterocycles. The summed E-state index contributed by atoms with van der Waals surface area (Å²) in [5.74, 6) is -1.04. The zero-order valence-corrected chi connectivity index (χ0v) is 10.9. The van der Waals surface area contributed by atoms with Crippen molar-refractivity contribution in [1.82, 2.24) is 9.97 Å². The van der Waals surface area contributed by atoms with Crippen LogP contribution in [-0.2, 0) is 0 Å². The minimum Gasteiger partial charge on any atom is -0.476 e. The number of pyridine rings is 2. The van der Waals surface area contributed by atoms with Crippen LogP contribution in [0, 0.1) is 0 Å². The Morgan fingerprint density at radius 3 is 2.65 bits per heavy atom. The van der Waals surface area contributed by atoms with Gasteiger partial charge in [0.1, 0.15) is 5.03 Å². The molecular formula is C11H7BrN2O2S. The van der Waals surface area contributed by atoms with Crippen molar-refractivity contribution in [2.24, 2.45) is 0 Å². The molecule has 2 rings (SSSR count). The molecule has 0 aromatic carbocycles. The highest BCUT2D eigenvalue weighted by atomic mass is 79.9. The van der Waals surface area contributed by atoms with Crippen molar-refractivity contribution in [1.29, 1.82) is 0 Å². The van der Waals surface area contributed by atoms with Crippen LogP contribution in [0.25, 0.3) is 0 Å². The highest BCUT2D eigenvalue weighted by Crippen LogP contribution is 2.32. The maximum Gasteiger partial charge on any atom is 0.355 e. The van der Waals surface area contributed by atoms with E-state index in [9.17, 15) is 4.79 Å². The number of carbonyl (C=O) groups is 1. The predicted octanol–water partition coefficient (Wildman–Crippen LogP) is 3.09. The van der Waals surface area contributed by atoms with Gasteiger partial charge < -0.3 is 5.11 Å². The first-order chi connectivity index (χ1) is 8.18. The Morgan fingerprint density at radius 1 is 1.24 bits per heavy atom. The molecule has 17 heavy (non-hydrogen) atoms. The van der Waals surface area contributed by atoms with Gasteiger partial charge in [-0.3, -0.25) is 0 Å². The van der Waals surface area contributed by atoms with Crippen LogP contribution in [0.4, 0.5) is 0 Å². The van der Waals surface area contributed by atoms with E-state index < -0.39 is 5.97 Å². The number of nitrogens with zero attached hydrogens (tertiary/aromatic N) is 2. The topological polar surface area (TPSA) is 63.1 Å². The second-order valence-electron chi connectivity index (χ2n) is 3.05. The van der Waals surface area contributed by atoms with Crippen LogP contribution < -0.4 is 0 Å². The molecule has 2 aromatic heterocycles. The average molecular weight is 311 g/mol. The number of aromatic carboxylic acids is 1. The fourth-order valence-electron chi connectivity index (χ4n) is 1.18.